The zero-order valence-electron chi connectivity index (χ0n) is 13.0. The van der Waals surface area contributed by atoms with Crippen LogP contribution in [0, 0.1) is 5.92 Å². The molecule has 2 aliphatic heterocycles. The number of carbonyl (C=O) groups excluding carboxylic acids is 1. The van der Waals surface area contributed by atoms with Crippen LogP contribution in [0.3, 0.4) is 0 Å². The Hall–Kier alpha value is -0.610. The molecule has 0 aromatic heterocycles. The van der Waals surface area contributed by atoms with Crippen LogP contribution in [-0.2, 0) is 4.79 Å². The molecule has 0 aromatic carbocycles. The summed E-state index contributed by atoms with van der Waals surface area (Å²) in [7, 11) is 0. The topological polar surface area (TPSA) is 44.4 Å². The number of unbranched alkanes of at least 4 members (excludes halogenated alkanes) is 1. The molecule has 0 saturated carbocycles. The molecule has 116 valence electrons. The van der Waals surface area contributed by atoms with E-state index in [4.69, 9.17) is 0 Å². The number of hydrogen-bond donors (Lipinski definition) is 2. The minimum absolute atomic E-state index is 0.268. The lowest BCUT2D eigenvalue weighted by Crippen LogP contribution is -2.44. The van der Waals surface area contributed by atoms with Crippen molar-refractivity contribution < 1.29 is 4.79 Å². The second-order valence-electron chi connectivity index (χ2n) is 6.43. The number of carbonyl (C=O) groups is 1. The van der Waals surface area contributed by atoms with Gasteiger partial charge in [0.25, 0.3) is 0 Å². The highest BCUT2D eigenvalue weighted by atomic mass is 16.1. The fourth-order valence-corrected chi connectivity index (χ4v) is 3.28. The third-order valence-electron chi connectivity index (χ3n) is 4.72. The molecule has 1 amide bonds. The average molecular weight is 281 g/mol. The van der Waals surface area contributed by atoms with Crippen molar-refractivity contribution in [3.8, 4) is 0 Å². The SMILES string of the molecule is CCCCN1CCC(NC(=O)CCC2CCNC2)CC1. The number of nitrogens with one attached hydrogen (secondary N) is 2. The first-order valence-corrected chi connectivity index (χ1v) is 8.50. The number of likely N-dealkylation sites (tertiary alicyclic amines) is 1. The number of piperidine rings is 1. The average Bonchev–Trinajstić information content (AvgIpc) is 2.98. The van der Waals surface area contributed by atoms with Gasteiger partial charge in [0.05, 0.1) is 0 Å². The third kappa shape index (κ3) is 5.41. The van der Waals surface area contributed by atoms with Gasteiger partial charge in [-0.2, -0.15) is 0 Å². The van der Waals surface area contributed by atoms with Gasteiger partial charge in [-0.1, -0.05) is 13.3 Å². The van der Waals surface area contributed by atoms with Gasteiger partial charge in [-0.3, -0.25) is 4.79 Å². The third-order valence-corrected chi connectivity index (χ3v) is 4.72. The summed E-state index contributed by atoms with van der Waals surface area (Å²) in [6.45, 7) is 8.00. The van der Waals surface area contributed by atoms with Crippen molar-refractivity contribution in [1.82, 2.24) is 15.5 Å². The maximum absolute atomic E-state index is 12.0. The number of rotatable bonds is 7. The normalized spacial score (nSPS) is 24.9. The molecule has 2 N–H and O–H groups in total. The Morgan fingerprint density at radius 1 is 1.30 bits per heavy atom. The Bertz CT molecular complexity index is 281. The first-order chi connectivity index (χ1) is 9.78. The summed E-state index contributed by atoms with van der Waals surface area (Å²) in [5.41, 5.74) is 0. The summed E-state index contributed by atoms with van der Waals surface area (Å²) in [6.07, 6.45) is 7.82. The molecular formula is C16H31N3O. The Balaban J connectivity index is 1.56. The number of amides is 1. The number of hydrogen-bond acceptors (Lipinski definition) is 3. The molecule has 1 atom stereocenters. The van der Waals surface area contributed by atoms with Crippen molar-refractivity contribution in [2.24, 2.45) is 5.92 Å². The summed E-state index contributed by atoms with van der Waals surface area (Å²) in [6, 6.07) is 0.419. The molecule has 0 radical (unpaired) electrons. The minimum Gasteiger partial charge on any atom is -0.353 e. The largest absolute Gasteiger partial charge is 0.353 e. The van der Waals surface area contributed by atoms with Crippen molar-refractivity contribution in [1.29, 1.82) is 0 Å². The smallest absolute Gasteiger partial charge is 0.220 e. The van der Waals surface area contributed by atoms with E-state index in [1.165, 1.54) is 25.8 Å². The summed E-state index contributed by atoms with van der Waals surface area (Å²) in [4.78, 5) is 14.5. The van der Waals surface area contributed by atoms with Crippen LogP contribution in [0.2, 0.25) is 0 Å². The van der Waals surface area contributed by atoms with E-state index in [-0.39, 0.29) is 5.91 Å². The lowest BCUT2D eigenvalue weighted by Gasteiger charge is -2.32. The van der Waals surface area contributed by atoms with E-state index >= 15 is 0 Å². The van der Waals surface area contributed by atoms with Gasteiger partial charge in [0.1, 0.15) is 0 Å². The van der Waals surface area contributed by atoms with Crippen LogP contribution in [0.5, 0.6) is 0 Å². The van der Waals surface area contributed by atoms with E-state index in [2.05, 4.69) is 22.5 Å². The fraction of sp³-hybridized carbons (Fsp3) is 0.938. The van der Waals surface area contributed by atoms with Gasteiger partial charge in [0.2, 0.25) is 5.91 Å². The molecular weight excluding hydrogens is 250 g/mol. The van der Waals surface area contributed by atoms with Gasteiger partial charge >= 0.3 is 0 Å². The molecule has 2 aliphatic rings. The fourth-order valence-electron chi connectivity index (χ4n) is 3.28. The van der Waals surface area contributed by atoms with Crippen molar-refractivity contribution in [3.05, 3.63) is 0 Å². The summed E-state index contributed by atoms with van der Waals surface area (Å²) in [5, 5.41) is 6.60. The van der Waals surface area contributed by atoms with Gasteiger partial charge in [-0.05, 0) is 57.7 Å². The molecule has 2 saturated heterocycles. The lowest BCUT2D eigenvalue weighted by molar-refractivity contribution is -0.122. The van der Waals surface area contributed by atoms with Crippen LogP contribution in [0.25, 0.3) is 0 Å². The molecule has 0 bridgehead atoms. The molecule has 4 heteroatoms. The monoisotopic (exact) mass is 281 g/mol. The molecule has 2 rings (SSSR count). The first-order valence-electron chi connectivity index (χ1n) is 8.50. The second-order valence-corrected chi connectivity index (χ2v) is 6.43. The zero-order chi connectivity index (χ0) is 14.2. The summed E-state index contributed by atoms with van der Waals surface area (Å²) >= 11 is 0. The molecule has 20 heavy (non-hydrogen) atoms. The van der Waals surface area contributed by atoms with Crippen molar-refractivity contribution in [2.45, 2.75) is 57.9 Å². The maximum atomic E-state index is 12.0. The zero-order valence-corrected chi connectivity index (χ0v) is 13.0. The van der Waals surface area contributed by atoms with Crippen LogP contribution in [0.4, 0.5) is 0 Å². The Labute approximate surface area is 123 Å². The van der Waals surface area contributed by atoms with Gasteiger partial charge < -0.3 is 15.5 Å². The van der Waals surface area contributed by atoms with Crippen LogP contribution in [0.1, 0.15) is 51.9 Å². The summed E-state index contributed by atoms with van der Waals surface area (Å²) < 4.78 is 0. The molecule has 1 unspecified atom stereocenters. The van der Waals surface area contributed by atoms with Gasteiger partial charge in [0, 0.05) is 25.6 Å². The van der Waals surface area contributed by atoms with E-state index in [9.17, 15) is 4.79 Å². The highest BCUT2D eigenvalue weighted by Gasteiger charge is 2.21. The molecule has 0 aromatic rings. The highest BCUT2D eigenvalue weighted by molar-refractivity contribution is 5.76. The Morgan fingerprint density at radius 2 is 2.10 bits per heavy atom. The Morgan fingerprint density at radius 3 is 2.75 bits per heavy atom. The van der Waals surface area contributed by atoms with E-state index in [1.54, 1.807) is 0 Å². The maximum Gasteiger partial charge on any atom is 0.220 e. The molecule has 0 aliphatic carbocycles. The molecule has 0 spiro atoms. The quantitative estimate of drug-likeness (QED) is 0.747. The van der Waals surface area contributed by atoms with E-state index in [1.807, 2.05) is 0 Å². The van der Waals surface area contributed by atoms with Gasteiger partial charge in [-0.15, -0.1) is 0 Å². The van der Waals surface area contributed by atoms with Crippen molar-refractivity contribution >= 4 is 5.91 Å². The van der Waals surface area contributed by atoms with E-state index in [0.717, 1.165) is 51.4 Å². The molecule has 4 nitrogen and oxygen atoms in total. The molecule has 2 fully saturated rings. The lowest BCUT2D eigenvalue weighted by atomic mass is 10.0. The standard InChI is InChI=1S/C16H31N3O/c1-2-3-10-19-11-7-15(8-12-19)18-16(20)5-4-14-6-9-17-13-14/h14-15,17H,2-13H2,1H3,(H,18,20). The van der Waals surface area contributed by atoms with Crippen LogP contribution >= 0.6 is 0 Å². The van der Waals surface area contributed by atoms with Crippen LogP contribution in [0.15, 0.2) is 0 Å². The number of nitrogens with zero attached hydrogens (tertiary/aromatic N) is 1. The Kier molecular flexibility index (Phi) is 6.80. The van der Waals surface area contributed by atoms with E-state index < -0.39 is 0 Å². The predicted molar refractivity (Wildman–Crippen MR) is 82.7 cm³/mol. The van der Waals surface area contributed by atoms with Crippen LogP contribution < -0.4 is 10.6 Å². The second kappa shape index (κ2) is 8.63. The predicted octanol–water partition coefficient (Wildman–Crippen LogP) is 1.76. The minimum atomic E-state index is 0.268. The van der Waals surface area contributed by atoms with Crippen molar-refractivity contribution in [3.63, 3.8) is 0 Å². The summed E-state index contributed by atoms with van der Waals surface area (Å²) in [5.74, 6) is 0.987. The van der Waals surface area contributed by atoms with Crippen molar-refractivity contribution in [2.75, 3.05) is 32.7 Å². The highest BCUT2D eigenvalue weighted by Crippen LogP contribution is 2.15. The van der Waals surface area contributed by atoms with Gasteiger partial charge in [0.15, 0.2) is 0 Å². The van der Waals surface area contributed by atoms with Crippen LogP contribution in [-0.4, -0.2) is 49.6 Å². The molecule has 2 heterocycles. The van der Waals surface area contributed by atoms with E-state index in [0.29, 0.717) is 12.5 Å². The first kappa shape index (κ1) is 15.8. The van der Waals surface area contributed by atoms with Gasteiger partial charge in [-0.25, -0.2) is 0 Å².